The van der Waals surface area contributed by atoms with Gasteiger partial charge in [-0.15, -0.1) is 11.3 Å². The molecule has 88 valence electrons. The zero-order valence-corrected chi connectivity index (χ0v) is 10.5. The summed E-state index contributed by atoms with van der Waals surface area (Å²) in [5, 5.41) is 10.9. The number of hydrogen-bond acceptors (Lipinski definition) is 3. The maximum absolute atomic E-state index is 11.8. The van der Waals surface area contributed by atoms with E-state index in [-0.39, 0.29) is 12.5 Å². The van der Waals surface area contributed by atoms with Gasteiger partial charge in [0.25, 0.3) is 5.91 Å². The quantitative estimate of drug-likeness (QED) is 0.904. The molecule has 0 spiro atoms. The SMILES string of the molecule is CC(CN(C)C(=O)c1cc(Cl)cs1)C(=O)O. The third-order valence-corrected chi connectivity index (χ3v) is 3.36. The molecule has 0 radical (unpaired) electrons. The molecule has 0 fully saturated rings. The van der Waals surface area contributed by atoms with Crippen molar-refractivity contribution >= 4 is 34.8 Å². The van der Waals surface area contributed by atoms with Crippen LogP contribution in [0.5, 0.6) is 0 Å². The number of aliphatic carboxylic acids is 1. The minimum atomic E-state index is -0.913. The van der Waals surface area contributed by atoms with Crippen LogP contribution >= 0.6 is 22.9 Å². The van der Waals surface area contributed by atoms with Gasteiger partial charge in [-0.05, 0) is 6.07 Å². The summed E-state index contributed by atoms with van der Waals surface area (Å²) in [6, 6.07) is 1.58. The Morgan fingerprint density at radius 1 is 1.62 bits per heavy atom. The Hall–Kier alpha value is -1.07. The molecule has 0 aliphatic rings. The lowest BCUT2D eigenvalue weighted by Gasteiger charge is -2.18. The van der Waals surface area contributed by atoms with Gasteiger partial charge in [-0.1, -0.05) is 18.5 Å². The number of halogens is 1. The fourth-order valence-electron chi connectivity index (χ4n) is 1.19. The number of nitrogens with zero attached hydrogens (tertiary/aromatic N) is 1. The van der Waals surface area contributed by atoms with E-state index in [0.29, 0.717) is 9.90 Å². The van der Waals surface area contributed by atoms with Crippen molar-refractivity contribution in [1.29, 1.82) is 0 Å². The Labute approximate surface area is 102 Å². The maximum Gasteiger partial charge on any atom is 0.308 e. The monoisotopic (exact) mass is 261 g/mol. The Morgan fingerprint density at radius 2 is 2.25 bits per heavy atom. The minimum absolute atomic E-state index is 0.184. The molecular formula is C10H12ClNO3S. The fourth-order valence-corrected chi connectivity index (χ4v) is 2.25. The van der Waals surface area contributed by atoms with Crippen molar-refractivity contribution in [2.75, 3.05) is 13.6 Å². The van der Waals surface area contributed by atoms with Crippen LogP contribution in [0.1, 0.15) is 16.6 Å². The van der Waals surface area contributed by atoms with Crippen LogP contribution in [0.15, 0.2) is 11.4 Å². The number of thiophene rings is 1. The van der Waals surface area contributed by atoms with Gasteiger partial charge >= 0.3 is 5.97 Å². The van der Waals surface area contributed by atoms with E-state index in [2.05, 4.69) is 0 Å². The molecule has 0 bridgehead atoms. The van der Waals surface area contributed by atoms with Crippen molar-refractivity contribution in [3.05, 3.63) is 21.3 Å². The highest BCUT2D eigenvalue weighted by atomic mass is 35.5. The van der Waals surface area contributed by atoms with Crippen molar-refractivity contribution in [2.45, 2.75) is 6.92 Å². The molecule has 0 saturated heterocycles. The molecule has 1 heterocycles. The van der Waals surface area contributed by atoms with Crippen LogP contribution in [0.3, 0.4) is 0 Å². The summed E-state index contributed by atoms with van der Waals surface area (Å²) >= 11 is 6.96. The van der Waals surface area contributed by atoms with Gasteiger partial charge in [0.05, 0.1) is 15.8 Å². The second-order valence-electron chi connectivity index (χ2n) is 3.55. The van der Waals surface area contributed by atoms with Crippen molar-refractivity contribution in [1.82, 2.24) is 4.90 Å². The van der Waals surface area contributed by atoms with Crippen molar-refractivity contribution in [3.63, 3.8) is 0 Å². The minimum Gasteiger partial charge on any atom is -0.481 e. The summed E-state index contributed by atoms with van der Waals surface area (Å²) in [6.07, 6.45) is 0. The number of carboxylic acid groups (broad SMARTS) is 1. The van der Waals surface area contributed by atoms with Gasteiger partial charge in [0.15, 0.2) is 0 Å². The highest BCUT2D eigenvalue weighted by molar-refractivity contribution is 7.12. The first-order valence-corrected chi connectivity index (χ1v) is 5.90. The van der Waals surface area contributed by atoms with Crippen LogP contribution in [0.4, 0.5) is 0 Å². The molecule has 16 heavy (non-hydrogen) atoms. The average molecular weight is 262 g/mol. The first-order chi connectivity index (χ1) is 7.41. The van der Waals surface area contributed by atoms with Crippen LogP contribution in [-0.2, 0) is 4.79 Å². The topological polar surface area (TPSA) is 57.6 Å². The number of amides is 1. The number of carbonyl (C=O) groups is 2. The van der Waals surface area contributed by atoms with Crippen LogP contribution in [0.25, 0.3) is 0 Å². The molecule has 0 aromatic carbocycles. The number of rotatable bonds is 4. The van der Waals surface area contributed by atoms with E-state index in [9.17, 15) is 9.59 Å². The van der Waals surface area contributed by atoms with Gasteiger partial charge in [-0.3, -0.25) is 9.59 Å². The second-order valence-corrected chi connectivity index (χ2v) is 4.90. The molecule has 1 unspecified atom stereocenters. The zero-order valence-electron chi connectivity index (χ0n) is 8.94. The molecule has 1 aromatic rings. The Bertz CT molecular complexity index is 405. The predicted molar refractivity (Wildman–Crippen MR) is 63.1 cm³/mol. The summed E-state index contributed by atoms with van der Waals surface area (Å²) < 4.78 is 0. The molecule has 6 heteroatoms. The lowest BCUT2D eigenvalue weighted by atomic mass is 10.2. The average Bonchev–Trinajstić information content (AvgIpc) is 2.63. The van der Waals surface area contributed by atoms with Crippen molar-refractivity contribution in [3.8, 4) is 0 Å². The summed E-state index contributed by atoms with van der Waals surface area (Å²) in [4.78, 5) is 24.4. The van der Waals surface area contributed by atoms with E-state index in [1.54, 1.807) is 25.4 Å². The van der Waals surface area contributed by atoms with Gasteiger partial charge in [0, 0.05) is 19.0 Å². The second kappa shape index (κ2) is 5.32. The van der Waals surface area contributed by atoms with E-state index in [4.69, 9.17) is 16.7 Å². The van der Waals surface area contributed by atoms with Crippen molar-refractivity contribution in [2.24, 2.45) is 5.92 Å². The number of carbonyl (C=O) groups excluding carboxylic acids is 1. The Morgan fingerprint density at radius 3 is 2.69 bits per heavy atom. The summed E-state index contributed by atoms with van der Waals surface area (Å²) in [5.74, 6) is -1.70. The predicted octanol–water partition coefficient (Wildman–Crippen LogP) is 2.19. The van der Waals surface area contributed by atoms with Crippen LogP contribution < -0.4 is 0 Å². The molecule has 1 amide bonds. The smallest absolute Gasteiger partial charge is 0.308 e. The Balaban J connectivity index is 2.64. The third-order valence-electron chi connectivity index (χ3n) is 2.09. The number of carboxylic acids is 1. The molecular weight excluding hydrogens is 250 g/mol. The largest absolute Gasteiger partial charge is 0.481 e. The van der Waals surface area contributed by atoms with Gasteiger partial charge in [0.2, 0.25) is 0 Å². The van der Waals surface area contributed by atoms with E-state index < -0.39 is 11.9 Å². The van der Waals surface area contributed by atoms with Crippen LogP contribution in [-0.4, -0.2) is 35.5 Å². The van der Waals surface area contributed by atoms with Gasteiger partial charge in [0.1, 0.15) is 0 Å². The lowest BCUT2D eigenvalue weighted by molar-refractivity contribution is -0.141. The summed E-state index contributed by atoms with van der Waals surface area (Å²) in [7, 11) is 1.58. The van der Waals surface area contributed by atoms with Gasteiger partial charge in [-0.2, -0.15) is 0 Å². The van der Waals surface area contributed by atoms with Crippen molar-refractivity contribution < 1.29 is 14.7 Å². The maximum atomic E-state index is 11.8. The normalized spacial score (nSPS) is 12.2. The number of hydrogen-bond donors (Lipinski definition) is 1. The zero-order chi connectivity index (χ0) is 12.3. The summed E-state index contributed by atoms with van der Waals surface area (Å²) in [6.45, 7) is 1.75. The molecule has 1 atom stereocenters. The van der Waals surface area contributed by atoms with Gasteiger partial charge < -0.3 is 10.0 Å². The third kappa shape index (κ3) is 3.21. The van der Waals surface area contributed by atoms with E-state index in [1.807, 2.05) is 0 Å². The standard InChI is InChI=1S/C10H12ClNO3S/c1-6(10(14)15)4-12(2)9(13)8-3-7(11)5-16-8/h3,5-6H,4H2,1-2H3,(H,14,15). The van der Waals surface area contributed by atoms with E-state index in [1.165, 1.54) is 16.2 Å². The Kier molecular flexibility index (Phi) is 4.32. The molecule has 0 saturated carbocycles. The molecule has 0 aliphatic carbocycles. The molecule has 4 nitrogen and oxygen atoms in total. The molecule has 1 rings (SSSR count). The highest BCUT2D eigenvalue weighted by Crippen LogP contribution is 2.20. The highest BCUT2D eigenvalue weighted by Gasteiger charge is 2.19. The first kappa shape index (κ1) is 13.0. The summed E-state index contributed by atoms with van der Waals surface area (Å²) in [5.41, 5.74) is 0. The first-order valence-electron chi connectivity index (χ1n) is 4.64. The van der Waals surface area contributed by atoms with Crippen LogP contribution in [0, 0.1) is 5.92 Å². The van der Waals surface area contributed by atoms with E-state index >= 15 is 0 Å². The molecule has 1 aromatic heterocycles. The van der Waals surface area contributed by atoms with E-state index in [0.717, 1.165) is 0 Å². The lowest BCUT2D eigenvalue weighted by Crippen LogP contribution is -2.33. The van der Waals surface area contributed by atoms with Crippen LogP contribution in [0.2, 0.25) is 5.02 Å². The van der Waals surface area contributed by atoms with Gasteiger partial charge in [-0.25, -0.2) is 0 Å². The molecule has 1 N–H and O–H groups in total. The molecule has 0 aliphatic heterocycles. The fraction of sp³-hybridized carbons (Fsp3) is 0.400.